The van der Waals surface area contributed by atoms with Gasteiger partial charge in [0.05, 0.1) is 0 Å². The Kier molecular flexibility index (Phi) is 8.00. The lowest BCUT2D eigenvalue weighted by atomic mass is 9.87. The first kappa shape index (κ1) is 18.2. The number of halogens is 2. The Labute approximate surface area is 143 Å². The van der Waals surface area contributed by atoms with Crippen molar-refractivity contribution >= 4 is 29.9 Å². The molecule has 118 valence electrons. The van der Waals surface area contributed by atoms with Crippen molar-refractivity contribution in [2.45, 2.75) is 45.2 Å². The molecule has 3 nitrogen and oxygen atoms in total. The highest BCUT2D eigenvalue weighted by atomic mass is 127. The summed E-state index contributed by atoms with van der Waals surface area (Å²) in [6.45, 7) is 2.76. The highest BCUT2D eigenvalue weighted by Crippen LogP contribution is 2.23. The van der Waals surface area contributed by atoms with E-state index in [1.807, 2.05) is 6.07 Å². The van der Waals surface area contributed by atoms with Crippen molar-refractivity contribution in [3.63, 3.8) is 0 Å². The summed E-state index contributed by atoms with van der Waals surface area (Å²) in [4.78, 5) is 4.22. The molecule has 1 aliphatic rings. The van der Waals surface area contributed by atoms with Crippen molar-refractivity contribution in [1.29, 1.82) is 0 Å². The normalized spacial score (nSPS) is 22.3. The first-order chi connectivity index (χ1) is 9.69. The van der Waals surface area contributed by atoms with Crippen LogP contribution in [0.25, 0.3) is 0 Å². The fraction of sp³-hybridized carbons (Fsp3) is 0.562. The lowest BCUT2D eigenvalue weighted by Crippen LogP contribution is -2.44. The third-order valence-corrected chi connectivity index (χ3v) is 3.98. The summed E-state index contributed by atoms with van der Waals surface area (Å²) >= 11 is 0. The lowest BCUT2D eigenvalue weighted by Gasteiger charge is -2.28. The van der Waals surface area contributed by atoms with Crippen molar-refractivity contribution < 1.29 is 4.39 Å². The molecule has 0 aliphatic heterocycles. The van der Waals surface area contributed by atoms with Gasteiger partial charge in [0, 0.05) is 25.2 Å². The molecular weight excluding hydrogens is 380 g/mol. The van der Waals surface area contributed by atoms with Crippen LogP contribution in [-0.4, -0.2) is 19.0 Å². The largest absolute Gasteiger partial charge is 0.354 e. The number of nitrogens with zero attached hydrogens (tertiary/aromatic N) is 1. The molecule has 0 unspecified atom stereocenters. The summed E-state index contributed by atoms with van der Waals surface area (Å²) in [5, 5.41) is 6.62. The molecule has 0 amide bonds. The minimum Gasteiger partial charge on any atom is -0.354 e. The van der Waals surface area contributed by atoms with Crippen LogP contribution >= 0.6 is 24.0 Å². The summed E-state index contributed by atoms with van der Waals surface area (Å²) in [5.74, 6) is 1.41. The Morgan fingerprint density at radius 2 is 1.90 bits per heavy atom. The number of aliphatic imine (C=N–C) groups is 1. The zero-order chi connectivity index (χ0) is 14.4. The number of nitrogens with one attached hydrogen (secondary N) is 2. The van der Waals surface area contributed by atoms with E-state index in [9.17, 15) is 4.39 Å². The number of rotatable bonds is 3. The maximum atomic E-state index is 13.5. The van der Waals surface area contributed by atoms with Crippen LogP contribution in [0, 0.1) is 11.7 Å². The maximum absolute atomic E-state index is 13.5. The van der Waals surface area contributed by atoms with E-state index in [2.05, 4.69) is 22.5 Å². The van der Waals surface area contributed by atoms with Gasteiger partial charge in [-0.2, -0.15) is 0 Å². The Morgan fingerprint density at radius 1 is 1.24 bits per heavy atom. The van der Waals surface area contributed by atoms with E-state index in [0.717, 1.165) is 11.9 Å². The second-order valence-electron chi connectivity index (χ2n) is 5.62. The van der Waals surface area contributed by atoms with Gasteiger partial charge in [-0.15, -0.1) is 24.0 Å². The van der Waals surface area contributed by atoms with E-state index < -0.39 is 0 Å². The predicted molar refractivity (Wildman–Crippen MR) is 96.6 cm³/mol. The van der Waals surface area contributed by atoms with Crippen LogP contribution in [0.4, 0.5) is 4.39 Å². The van der Waals surface area contributed by atoms with E-state index in [0.29, 0.717) is 18.2 Å². The van der Waals surface area contributed by atoms with E-state index in [1.165, 1.54) is 31.7 Å². The van der Waals surface area contributed by atoms with Gasteiger partial charge < -0.3 is 10.6 Å². The van der Waals surface area contributed by atoms with Crippen LogP contribution in [-0.2, 0) is 6.54 Å². The van der Waals surface area contributed by atoms with Gasteiger partial charge in [-0.25, -0.2) is 4.39 Å². The molecular formula is C16H25FIN3. The Bertz CT molecular complexity index is 457. The number of hydrogen-bond acceptors (Lipinski definition) is 1. The van der Waals surface area contributed by atoms with Gasteiger partial charge in [0.1, 0.15) is 5.82 Å². The van der Waals surface area contributed by atoms with Crippen LogP contribution in [0.5, 0.6) is 0 Å². The van der Waals surface area contributed by atoms with Crippen LogP contribution in [0.2, 0.25) is 0 Å². The first-order valence-corrected chi connectivity index (χ1v) is 7.39. The molecule has 1 fully saturated rings. The van der Waals surface area contributed by atoms with Crippen LogP contribution in [0.15, 0.2) is 29.3 Å². The van der Waals surface area contributed by atoms with Crippen molar-refractivity contribution in [2.24, 2.45) is 10.9 Å². The quantitative estimate of drug-likeness (QED) is 0.457. The Hall–Kier alpha value is -0.850. The molecule has 0 radical (unpaired) electrons. The molecule has 0 aromatic heterocycles. The van der Waals surface area contributed by atoms with Gasteiger partial charge >= 0.3 is 0 Å². The topological polar surface area (TPSA) is 36.4 Å². The molecule has 0 heterocycles. The molecule has 1 saturated carbocycles. The summed E-state index contributed by atoms with van der Waals surface area (Å²) in [6.07, 6.45) is 4.90. The molecule has 1 aromatic rings. The maximum Gasteiger partial charge on any atom is 0.191 e. The number of guanidine groups is 1. The zero-order valence-electron chi connectivity index (χ0n) is 12.7. The van der Waals surface area contributed by atoms with E-state index in [4.69, 9.17) is 0 Å². The summed E-state index contributed by atoms with van der Waals surface area (Å²) in [7, 11) is 1.75. The molecule has 2 rings (SSSR count). The Morgan fingerprint density at radius 3 is 2.52 bits per heavy atom. The average Bonchev–Trinajstić information content (AvgIpc) is 2.47. The van der Waals surface area contributed by atoms with Crippen molar-refractivity contribution in [3.05, 3.63) is 35.6 Å². The minimum absolute atomic E-state index is 0. The van der Waals surface area contributed by atoms with Crippen molar-refractivity contribution in [1.82, 2.24) is 10.6 Å². The minimum atomic E-state index is -0.179. The second-order valence-corrected chi connectivity index (χ2v) is 5.62. The van der Waals surface area contributed by atoms with Gasteiger partial charge in [0.25, 0.3) is 0 Å². The number of hydrogen-bond donors (Lipinski definition) is 2. The van der Waals surface area contributed by atoms with E-state index in [1.54, 1.807) is 19.2 Å². The summed E-state index contributed by atoms with van der Waals surface area (Å²) in [5.41, 5.74) is 0.660. The second kappa shape index (κ2) is 9.23. The van der Waals surface area contributed by atoms with Crippen LogP contribution in [0.1, 0.15) is 38.2 Å². The van der Waals surface area contributed by atoms with Crippen LogP contribution < -0.4 is 10.6 Å². The summed E-state index contributed by atoms with van der Waals surface area (Å²) < 4.78 is 13.5. The van der Waals surface area contributed by atoms with Crippen LogP contribution in [0.3, 0.4) is 0 Å². The monoisotopic (exact) mass is 405 g/mol. The fourth-order valence-corrected chi connectivity index (χ4v) is 2.61. The summed E-state index contributed by atoms with van der Waals surface area (Å²) in [6, 6.07) is 7.31. The van der Waals surface area contributed by atoms with Gasteiger partial charge in [0.2, 0.25) is 0 Å². The predicted octanol–water partition coefficient (Wildman–Crippen LogP) is 3.69. The third-order valence-electron chi connectivity index (χ3n) is 3.98. The standard InChI is InChI=1S/C16H24FN3.HI/c1-12-7-9-14(10-8-12)20-16(18-2)19-11-13-5-3-4-6-15(13)17;/h3-6,12,14H,7-11H2,1-2H3,(H2,18,19,20);1H. The van der Waals surface area contributed by atoms with Gasteiger partial charge in [-0.3, -0.25) is 4.99 Å². The van der Waals surface area contributed by atoms with E-state index >= 15 is 0 Å². The average molecular weight is 405 g/mol. The highest BCUT2D eigenvalue weighted by molar-refractivity contribution is 14.0. The molecule has 5 heteroatoms. The zero-order valence-corrected chi connectivity index (χ0v) is 15.1. The van der Waals surface area contributed by atoms with Gasteiger partial charge in [-0.05, 0) is 37.7 Å². The molecule has 1 aliphatic carbocycles. The third kappa shape index (κ3) is 5.80. The molecule has 0 spiro atoms. The number of benzene rings is 1. The molecule has 1 aromatic carbocycles. The molecule has 21 heavy (non-hydrogen) atoms. The lowest BCUT2D eigenvalue weighted by molar-refractivity contribution is 0.329. The molecule has 0 atom stereocenters. The van der Waals surface area contributed by atoms with Crippen molar-refractivity contribution in [2.75, 3.05) is 7.05 Å². The first-order valence-electron chi connectivity index (χ1n) is 7.39. The van der Waals surface area contributed by atoms with Gasteiger partial charge in [-0.1, -0.05) is 25.1 Å². The molecule has 0 saturated heterocycles. The van der Waals surface area contributed by atoms with Crippen molar-refractivity contribution in [3.8, 4) is 0 Å². The SMILES string of the molecule is CN=C(NCc1ccccc1F)NC1CCC(C)CC1.I. The smallest absolute Gasteiger partial charge is 0.191 e. The van der Waals surface area contributed by atoms with E-state index in [-0.39, 0.29) is 29.8 Å². The van der Waals surface area contributed by atoms with Gasteiger partial charge in [0.15, 0.2) is 5.96 Å². The highest BCUT2D eigenvalue weighted by Gasteiger charge is 2.18. The molecule has 2 N–H and O–H groups in total. The molecule has 0 bridgehead atoms. The Balaban J connectivity index is 0.00000220. The fourth-order valence-electron chi connectivity index (χ4n) is 2.61.